The van der Waals surface area contributed by atoms with Crippen LogP contribution in [-0.2, 0) is 10.0 Å². The van der Waals surface area contributed by atoms with E-state index in [9.17, 15) is 8.42 Å². The van der Waals surface area contributed by atoms with E-state index >= 15 is 0 Å². The van der Waals surface area contributed by atoms with Crippen molar-refractivity contribution in [3.8, 4) is 0 Å². The second kappa shape index (κ2) is 6.05. The molecule has 17 heavy (non-hydrogen) atoms. The Balaban J connectivity index is 2.82. The van der Waals surface area contributed by atoms with Crippen molar-refractivity contribution in [1.82, 2.24) is 4.72 Å². The van der Waals surface area contributed by atoms with Gasteiger partial charge in [0.05, 0.1) is 4.90 Å². The average Bonchev–Trinajstić information content (AvgIpc) is 2.15. The van der Waals surface area contributed by atoms with E-state index in [4.69, 9.17) is 23.2 Å². The number of hydrogen-bond acceptors (Lipinski definition) is 2. The minimum Gasteiger partial charge on any atom is -0.208 e. The van der Waals surface area contributed by atoms with Gasteiger partial charge >= 0.3 is 0 Å². The molecule has 1 N–H and O–H groups in total. The molecule has 0 aliphatic carbocycles. The van der Waals surface area contributed by atoms with Gasteiger partial charge in [0, 0.05) is 16.4 Å². The maximum absolute atomic E-state index is 12.0. The Hall–Kier alpha value is -0.290. The zero-order chi connectivity index (χ0) is 13.1. The molecule has 0 aliphatic rings. The number of benzene rings is 1. The van der Waals surface area contributed by atoms with Crippen LogP contribution < -0.4 is 4.72 Å². The van der Waals surface area contributed by atoms with Gasteiger partial charge in [0.2, 0.25) is 10.0 Å². The summed E-state index contributed by atoms with van der Waals surface area (Å²) in [5, 5.41) is 0.318. The second-order valence-corrected chi connectivity index (χ2v) is 6.89. The highest BCUT2D eigenvalue weighted by Gasteiger charge is 2.18. The topological polar surface area (TPSA) is 46.2 Å². The molecule has 0 heterocycles. The first kappa shape index (κ1) is 14.8. The van der Waals surface area contributed by atoms with Gasteiger partial charge in [0.15, 0.2) is 0 Å². The van der Waals surface area contributed by atoms with Crippen LogP contribution in [0, 0.1) is 0 Å². The van der Waals surface area contributed by atoms with E-state index in [-0.39, 0.29) is 16.3 Å². The van der Waals surface area contributed by atoms with Crippen molar-refractivity contribution < 1.29 is 8.42 Å². The predicted molar refractivity (Wildman–Crippen MR) is 71.2 cm³/mol. The van der Waals surface area contributed by atoms with Gasteiger partial charge in [-0.05, 0) is 38.5 Å². The third-order valence-corrected chi connectivity index (χ3v) is 4.14. The fraction of sp³-hybridized carbons (Fsp3) is 0.455. The highest BCUT2D eigenvalue weighted by molar-refractivity contribution is 7.89. The van der Waals surface area contributed by atoms with Crippen LogP contribution in [0.15, 0.2) is 29.2 Å². The molecule has 96 valence electrons. The molecule has 0 aromatic heterocycles. The maximum atomic E-state index is 12.0. The molecule has 3 nitrogen and oxygen atoms in total. The molecular formula is C11H15Cl2NO2S. The minimum atomic E-state index is -3.52. The summed E-state index contributed by atoms with van der Waals surface area (Å²) < 4.78 is 26.5. The molecule has 0 aliphatic heterocycles. The standard InChI is InChI=1S/C11H15Cl2NO2S/c1-8(12)6-9(2)14-17(15,16)11-5-3-4-10(13)7-11/h3-5,7-9,14H,6H2,1-2H3. The predicted octanol–water partition coefficient (Wildman–Crippen LogP) is 3.02. The van der Waals surface area contributed by atoms with Crippen LogP contribution in [0.2, 0.25) is 5.02 Å². The van der Waals surface area contributed by atoms with Crippen molar-refractivity contribution in [1.29, 1.82) is 0 Å². The molecule has 0 radical (unpaired) electrons. The summed E-state index contributed by atoms with van der Waals surface area (Å²) in [7, 11) is -3.52. The van der Waals surface area contributed by atoms with Gasteiger partial charge in [0.25, 0.3) is 0 Å². The van der Waals surface area contributed by atoms with E-state index in [2.05, 4.69) is 4.72 Å². The Morgan fingerprint density at radius 2 is 2.00 bits per heavy atom. The van der Waals surface area contributed by atoms with E-state index in [1.54, 1.807) is 19.1 Å². The molecule has 0 saturated heterocycles. The van der Waals surface area contributed by atoms with Crippen LogP contribution >= 0.6 is 23.2 Å². The van der Waals surface area contributed by atoms with Crippen molar-refractivity contribution in [2.45, 2.75) is 36.6 Å². The lowest BCUT2D eigenvalue weighted by molar-refractivity contribution is 0.545. The van der Waals surface area contributed by atoms with Crippen molar-refractivity contribution in [3.05, 3.63) is 29.3 Å². The highest BCUT2D eigenvalue weighted by Crippen LogP contribution is 2.16. The molecule has 0 fully saturated rings. The van der Waals surface area contributed by atoms with Crippen LogP contribution in [0.5, 0.6) is 0 Å². The van der Waals surface area contributed by atoms with Gasteiger partial charge in [-0.2, -0.15) is 0 Å². The van der Waals surface area contributed by atoms with Gasteiger partial charge in [-0.1, -0.05) is 17.7 Å². The summed E-state index contributed by atoms with van der Waals surface area (Å²) in [5.41, 5.74) is 0. The van der Waals surface area contributed by atoms with Crippen LogP contribution in [0.1, 0.15) is 20.3 Å². The fourth-order valence-corrected chi connectivity index (χ4v) is 3.33. The molecule has 0 spiro atoms. The first-order valence-corrected chi connectivity index (χ1v) is 7.53. The number of rotatable bonds is 5. The highest BCUT2D eigenvalue weighted by atomic mass is 35.5. The largest absolute Gasteiger partial charge is 0.240 e. The summed E-state index contributed by atoms with van der Waals surface area (Å²) in [6.45, 7) is 3.60. The lowest BCUT2D eigenvalue weighted by atomic mass is 10.2. The molecule has 6 heteroatoms. The lowest BCUT2D eigenvalue weighted by Crippen LogP contribution is -2.33. The van der Waals surface area contributed by atoms with Gasteiger partial charge in [-0.15, -0.1) is 11.6 Å². The molecule has 1 rings (SSSR count). The Morgan fingerprint density at radius 3 is 2.53 bits per heavy atom. The molecule has 0 saturated carbocycles. The summed E-state index contributed by atoms with van der Waals surface area (Å²) in [4.78, 5) is 0.166. The minimum absolute atomic E-state index is 0.0768. The quantitative estimate of drug-likeness (QED) is 0.849. The SMILES string of the molecule is CC(Cl)CC(C)NS(=O)(=O)c1cccc(Cl)c1. The van der Waals surface area contributed by atoms with Crippen LogP contribution in [0.25, 0.3) is 0 Å². The summed E-state index contributed by atoms with van der Waals surface area (Å²) in [6, 6.07) is 5.94. The van der Waals surface area contributed by atoms with Crippen LogP contribution in [0.3, 0.4) is 0 Å². The van der Waals surface area contributed by atoms with Crippen molar-refractivity contribution >= 4 is 33.2 Å². The monoisotopic (exact) mass is 295 g/mol. The molecule has 1 aromatic carbocycles. The third-order valence-electron chi connectivity index (χ3n) is 2.14. The molecule has 2 unspecified atom stereocenters. The zero-order valence-electron chi connectivity index (χ0n) is 9.65. The van der Waals surface area contributed by atoms with E-state index < -0.39 is 10.0 Å². The Morgan fingerprint density at radius 1 is 1.35 bits per heavy atom. The van der Waals surface area contributed by atoms with Crippen LogP contribution in [0.4, 0.5) is 0 Å². The van der Waals surface area contributed by atoms with E-state index in [1.807, 2.05) is 6.92 Å². The molecular weight excluding hydrogens is 281 g/mol. The third kappa shape index (κ3) is 4.84. The number of halogens is 2. The number of alkyl halides is 1. The van der Waals surface area contributed by atoms with Crippen LogP contribution in [-0.4, -0.2) is 19.8 Å². The summed E-state index contributed by atoms with van der Waals surface area (Å²) in [6.07, 6.45) is 0.571. The Labute approximate surface area is 112 Å². The first-order valence-electron chi connectivity index (χ1n) is 5.23. The number of hydrogen-bond donors (Lipinski definition) is 1. The molecule has 2 atom stereocenters. The average molecular weight is 296 g/mol. The van der Waals surface area contributed by atoms with Crippen molar-refractivity contribution in [2.24, 2.45) is 0 Å². The maximum Gasteiger partial charge on any atom is 0.240 e. The zero-order valence-corrected chi connectivity index (χ0v) is 12.0. The lowest BCUT2D eigenvalue weighted by Gasteiger charge is -2.15. The van der Waals surface area contributed by atoms with E-state index in [0.717, 1.165) is 0 Å². The molecule has 0 bridgehead atoms. The van der Waals surface area contributed by atoms with Gasteiger partial charge in [-0.3, -0.25) is 0 Å². The fourth-order valence-electron chi connectivity index (χ4n) is 1.50. The van der Waals surface area contributed by atoms with Gasteiger partial charge in [-0.25, -0.2) is 13.1 Å². The summed E-state index contributed by atoms with van der Waals surface area (Å²) >= 11 is 11.6. The number of nitrogens with one attached hydrogen (secondary N) is 1. The smallest absolute Gasteiger partial charge is 0.208 e. The van der Waals surface area contributed by atoms with E-state index in [1.165, 1.54) is 12.1 Å². The van der Waals surface area contributed by atoms with Crippen molar-refractivity contribution in [3.63, 3.8) is 0 Å². The number of sulfonamides is 1. The second-order valence-electron chi connectivity index (χ2n) is 4.00. The normalized spacial score (nSPS) is 15.5. The van der Waals surface area contributed by atoms with Crippen molar-refractivity contribution in [2.75, 3.05) is 0 Å². The molecule has 1 aromatic rings. The Bertz CT molecular complexity index is 474. The first-order chi connectivity index (χ1) is 7.81. The van der Waals surface area contributed by atoms with Gasteiger partial charge in [0.1, 0.15) is 0 Å². The van der Waals surface area contributed by atoms with Gasteiger partial charge < -0.3 is 0 Å². The molecule has 0 amide bonds. The van der Waals surface area contributed by atoms with E-state index in [0.29, 0.717) is 11.4 Å². The Kier molecular flexibility index (Phi) is 5.25. The summed E-state index contributed by atoms with van der Waals surface area (Å²) in [5.74, 6) is 0.